The number of carbonyl (C=O) groups is 9. The average molecular weight is 1760 g/mol. The predicted octanol–water partition coefficient (Wildman–Crippen LogP) is 2.46. The number of hydrogen-bond donors (Lipinski definition) is 21. The summed E-state index contributed by atoms with van der Waals surface area (Å²) in [5, 5.41) is 142. The molecule has 0 spiro atoms. The van der Waals surface area contributed by atoms with Gasteiger partial charge in [-0.05, 0) is 147 Å². The Hall–Kier alpha value is -11.8. The van der Waals surface area contributed by atoms with Crippen LogP contribution >= 0.6 is 23.2 Å². The summed E-state index contributed by atoms with van der Waals surface area (Å²) in [5.74, 6) is -17.0. The Labute approximate surface area is 717 Å². The van der Waals surface area contributed by atoms with Gasteiger partial charge < -0.3 is 138 Å². The van der Waals surface area contributed by atoms with Gasteiger partial charge in [0.2, 0.25) is 53.4 Å². The van der Waals surface area contributed by atoms with Gasteiger partial charge in [-0.25, -0.2) is 9.59 Å². The van der Waals surface area contributed by atoms with E-state index in [4.69, 9.17) is 57.4 Å². The van der Waals surface area contributed by atoms with Crippen LogP contribution in [-0.2, 0) is 59.1 Å². The molecule has 0 aliphatic carbocycles. The van der Waals surface area contributed by atoms with Gasteiger partial charge in [-0.2, -0.15) is 4.98 Å². The number of aliphatic hydroxyl groups is 6. The van der Waals surface area contributed by atoms with Gasteiger partial charge in [0, 0.05) is 71.8 Å². The van der Waals surface area contributed by atoms with E-state index in [0.717, 1.165) is 91.8 Å². The quantitative estimate of drug-likeness (QED) is 0.0409. The van der Waals surface area contributed by atoms with E-state index in [1.807, 2.05) is 13.8 Å². The normalized spacial score (nSPS) is 26.0. The van der Waals surface area contributed by atoms with Crippen molar-refractivity contribution in [3.63, 3.8) is 0 Å². The van der Waals surface area contributed by atoms with E-state index in [1.54, 1.807) is 31.2 Å². The second-order valence-electron chi connectivity index (χ2n) is 31.2. The second-order valence-corrected chi connectivity index (χ2v) is 32.0. The average Bonchev–Trinajstić information content (AvgIpc) is 0.755. The molecule has 0 radical (unpaired) electrons. The number of carboxylic acids is 1. The van der Waals surface area contributed by atoms with Crippen LogP contribution in [0, 0.1) is 5.92 Å². The zero-order valence-corrected chi connectivity index (χ0v) is 69.0. The number of rotatable bonds is 23. The molecule has 18 atom stereocenters. The molecule has 41 heteroatoms. The molecular formula is C83H95Cl2N13O26. The first-order chi connectivity index (χ1) is 58.9. The summed E-state index contributed by atoms with van der Waals surface area (Å²) in [5.41, 5.74) is 1.80. The number of ether oxygens (including phenoxy) is 6. The number of aromatic hydroxyl groups is 3. The number of amides is 8. The molecule has 1 aromatic heterocycles. The first-order valence-electron chi connectivity index (χ1n) is 39.6. The van der Waals surface area contributed by atoms with E-state index >= 15 is 14.4 Å². The van der Waals surface area contributed by atoms with Gasteiger partial charge >= 0.3 is 11.7 Å². The van der Waals surface area contributed by atoms with Crippen LogP contribution in [0.15, 0.2) is 120 Å². The molecule has 7 aliphatic heterocycles. The van der Waals surface area contributed by atoms with E-state index < -0.39 is 254 Å². The number of aliphatic carboxylic acids is 1. The zero-order chi connectivity index (χ0) is 89.6. The number of phenols is 3. The number of anilines is 2. The van der Waals surface area contributed by atoms with Crippen LogP contribution in [0.5, 0.6) is 46.0 Å². The Kier molecular flexibility index (Phi) is 28.7. The third-order valence-corrected chi connectivity index (χ3v) is 22.3. The van der Waals surface area contributed by atoms with Gasteiger partial charge in [0.05, 0.1) is 41.3 Å². The highest BCUT2D eigenvalue weighted by Crippen LogP contribution is 2.50. The van der Waals surface area contributed by atoms with Crippen molar-refractivity contribution in [1.82, 2.24) is 52.1 Å². The summed E-state index contributed by atoms with van der Waals surface area (Å²) in [6.07, 6.45) is -16.1. The maximum absolute atomic E-state index is 16.2. The van der Waals surface area contributed by atoms with Crippen LogP contribution < -0.4 is 78.8 Å². The van der Waals surface area contributed by atoms with Crippen molar-refractivity contribution in [2.75, 3.05) is 37.4 Å². The third kappa shape index (κ3) is 20.5. The number of nitrogens with zero attached hydrogens (tertiary/aromatic N) is 2. The van der Waals surface area contributed by atoms with E-state index in [1.165, 1.54) is 42.9 Å². The van der Waals surface area contributed by atoms with E-state index in [0.29, 0.717) is 5.56 Å². The number of phenolic OH excluding ortho intramolecular Hbond substituents is 3. The van der Waals surface area contributed by atoms with Gasteiger partial charge in [0.25, 0.3) is 5.91 Å². The predicted molar refractivity (Wildman–Crippen MR) is 439 cm³/mol. The number of halogens is 2. The molecule has 7 aromatic rings. The Morgan fingerprint density at radius 2 is 1.36 bits per heavy atom. The van der Waals surface area contributed by atoms with Gasteiger partial charge in [-0.1, -0.05) is 68.6 Å². The molecule has 7 aliphatic rings. The van der Waals surface area contributed by atoms with E-state index in [2.05, 4.69) is 65.1 Å². The SMILES string of the molecule is CCCCNc1ccc(C(=O)Nc2ccn(CCN[C@]3(C)C[C@H](O[C@H]4C(Oc5c6cc7cc5Oc5ccc(cc5Cl)[C@@H](O)[C@H]5NC(=O)[C@@H](NC(=O)C7NC(=O)[C@H](CC(N)=O)NC(=O)[C@H](NC(=O)[C@H](CC(C)C)NC)[C@H](O)c7ccc(c(Cl)c7)O6)c6ccc(O)c(c6)-c6c(O)cc(O)cc6[C@H](C(=O)O)NC5=O)O[C@@H](CO)[C@@H](O)[C@H]4O)O[C@H](C)[C@@H]3O)c(=O)n2)cc1. The lowest BCUT2D eigenvalue weighted by molar-refractivity contribution is -0.334. The van der Waals surface area contributed by atoms with Gasteiger partial charge in [0.1, 0.15) is 95.3 Å². The van der Waals surface area contributed by atoms with Gasteiger partial charge in [-0.15, -0.1) is 0 Å². The van der Waals surface area contributed by atoms with Crippen molar-refractivity contribution in [3.8, 4) is 57.1 Å². The van der Waals surface area contributed by atoms with Crippen LogP contribution in [0.1, 0.15) is 135 Å². The maximum Gasteiger partial charge on any atom is 0.349 e. The van der Waals surface area contributed by atoms with Crippen molar-refractivity contribution in [2.45, 2.75) is 183 Å². The second kappa shape index (κ2) is 38.9. The van der Waals surface area contributed by atoms with Crippen molar-refractivity contribution in [3.05, 3.63) is 169 Å². The summed E-state index contributed by atoms with van der Waals surface area (Å²) in [7, 11) is 1.47. The molecule has 0 saturated carbocycles. The molecule has 8 heterocycles. The number of carboxylic acid groups (broad SMARTS) is 1. The van der Waals surface area contributed by atoms with E-state index in [9.17, 15) is 84.6 Å². The number of nitrogens with one attached hydrogen (secondary N) is 10. The number of fused-ring (bicyclic) bond motifs is 15. The molecule has 6 aromatic carbocycles. The van der Waals surface area contributed by atoms with Crippen molar-refractivity contribution < 1.29 is 123 Å². The monoisotopic (exact) mass is 1760 g/mol. The lowest BCUT2D eigenvalue weighted by Crippen LogP contribution is -2.65. The van der Waals surface area contributed by atoms with Crippen LogP contribution in [0.3, 0.4) is 0 Å². The highest BCUT2D eigenvalue weighted by molar-refractivity contribution is 6.32. The number of carbonyl (C=O) groups excluding carboxylic acids is 8. The molecular weight excluding hydrogens is 1670 g/mol. The number of hydrogen-bond acceptors (Lipinski definition) is 29. The number of nitrogens with two attached hydrogens (primary N) is 1. The molecule has 11 bridgehead atoms. The highest BCUT2D eigenvalue weighted by Gasteiger charge is 2.52. The lowest BCUT2D eigenvalue weighted by Gasteiger charge is -2.48. The van der Waals surface area contributed by atoms with Crippen LogP contribution in [0.2, 0.25) is 10.0 Å². The molecule has 39 nitrogen and oxygen atoms in total. The number of aliphatic hydroxyl groups excluding tert-OH is 6. The zero-order valence-electron chi connectivity index (χ0n) is 67.5. The summed E-state index contributed by atoms with van der Waals surface area (Å²) < 4.78 is 40.6. The number of aromatic nitrogens is 2. The molecule has 2 saturated heterocycles. The Morgan fingerprint density at radius 1 is 0.718 bits per heavy atom. The fourth-order valence-corrected chi connectivity index (χ4v) is 15.6. The summed E-state index contributed by atoms with van der Waals surface area (Å²) in [6.45, 7) is 8.46. The molecule has 22 N–H and O–H groups in total. The van der Waals surface area contributed by atoms with Crippen LogP contribution in [0.25, 0.3) is 11.1 Å². The smallest absolute Gasteiger partial charge is 0.349 e. The minimum absolute atomic E-state index is 0.0249. The van der Waals surface area contributed by atoms with Crippen molar-refractivity contribution in [1.29, 1.82) is 0 Å². The summed E-state index contributed by atoms with van der Waals surface area (Å²) in [4.78, 5) is 149. The van der Waals surface area contributed by atoms with Crippen molar-refractivity contribution >= 4 is 87.9 Å². The number of unbranched alkanes of at least 4 members (excludes halogenated alkanes) is 1. The largest absolute Gasteiger partial charge is 0.508 e. The number of primary amides is 1. The Balaban J connectivity index is 0.980. The molecule has 14 rings (SSSR count). The van der Waals surface area contributed by atoms with Gasteiger partial charge in [-0.3, -0.25) is 42.9 Å². The van der Waals surface area contributed by atoms with Crippen LogP contribution in [0.4, 0.5) is 11.5 Å². The molecule has 124 heavy (non-hydrogen) atoms. The molecule has 662 valence electrons. The molecule has 2 fully saturated rings. The Morgan fingerprint density at radius 3 is 1.98 bits per heavy atom. The minimum Gasteiger partial charge on any atom is -0.508 e. The summed E-state index contributed by atoms with van der Waals surface area (Å²) >= 11 is 14.3. The fourth-order valence-electron chi connectivity index (χ4n) is 15.1. The minimum atomic E-state index is -2.39. The fraction of sp³-hybridized carbons (Fsp3) is 0.410. The van der Waals surface area contributed by atoms with Gasteiger partial charge in [0.15, 0.2) is 29.9 Å². The Bertz CT molecular complexity index is 5280. The maximum atomic E-state index is 16.2. The standard InChI is InChI=1S/C83H95Cl2N13O26/c1-7-8-20-88-42-14-9-37(10-15-42)73(109)91-58-19-22-98(82(118)92-58)23-21-89-83(5)33-59(119-36(4)72(83)108)123-71-69(107)68(106)56(34-99)122-81(71)124-70-54-28-41-29-55(70)121-53-18-13-40(27-47(53)85)67(105)65-79(115)95-63(80(116)117)45-30-43(100)31-51(102)60(45)44-25-38(11-16-50(44)101)61(76(112)97-65)94-77(113)62(41)93-75(111)49(32-57(86)103)90-78(114)64(96-74(110)48(87-6)24-35(2)3)66(104)39-12-17-52(120-54)46(84)26-39/h9-19,22,25-31,35-36,48-49,56,59,61-69,71-72,81,87-89,99-102,104-108H,7-8,20-21,23-24,32-34H2,1-6H3,(H2,86,103)(H,90,114)(H,93,111)(H,94,113)(H,95,115)(H,96,110)(H,97,112)(H,116,117)(H,91,92,109,118)/t36-,48+,49+,56+,59+,61+,62?,63-,64-,65-,66-,67-,68-,69-,71-,72+,81?,83-/m1/s1. The number of likely N-dealkylation sites (N-methyl/N-ethyl adjacent to an activating group) is 1. The number of benzene rings is 6. The molecule has 2 unspecified atom stereocenters. The lowest BCUT2D eigenvalue weighted by atomic mass is 9.85. The first-order valence-corrected chi connectivity index (χ1v) is 40.3. The van der Waals surface area contributed by atoms with Crippen LogP contribution in [-0.4, -0.2) is 219 Å². The first kappa shape index (κ1) is 91.4. The van der Waals surface area contributed by atoms with Crippen molar-refractivity contribution in [2.24, 2.45) is 11.7 Å². The summed E-state index contributed by atoms with van der Waals surface area (Å²) in [6, 6.07) is 7.15. The topological polar surface area (TPSA) is 593 Å². The molecule has 8 amide bonds. The third-order valence-electron chi connectivity index (χ3n) is 21.7. The van der Waals surface area contributed by atoms with E-state index in [-0.39, 0.29) is 60.1 Å². The highest BCUT2D eigenvalue weighted by atomic mass is 35.5.